The fourth-order valence-electron chi connectivity index (χ4n) is 1.42. The number of ether oxygens (including phenoxy) is 3. The maximum absolute atomic E-state index is 14.4. The summed E-state index contributed by atoms with van der Waals surface area (Å²) in [6.07, 6.45) is -11.6. The number of rotatable bonds is 14. The quantitative estimate of drug-likeness (QED) is 0.296. The van der Waals surface area contributed by atoms with Crippen LogP contribution in [0.5, 0.6) is 0 Å². The zero-order valence-corrected chi connectivity index (χ0v) is 12.8. The lowest BCUT2D eigenvalue weighted by Crippen LogP contribution is -2.49. The third kappa shape index (κ3) is 7.80. The van der Waals surface area contributed by atoms with Gasteiger partial charge in [0.25, 0.3) is 0 Å². The standard InChI is InChI=1S/C12H16BrFO8/c13-12(19)11(22-6-3-17)10(21-5-2-16)9(14)8(18)7-20-4-1-15/h1-3,8-11,18H,4-7H2/t8-,9-,10+,11-/m1/s1/i1D,2D,3D. The number of aliphatic hydroxyl groups excluding tert-OH is 1. The van der Waals surface area contributed by atoms with Crippen LogP contribution in [0.25, 0.3) is 0 Å². The Balaban J connectivity index is 5.12. The molecular formula is C12H16BrFO8. The van der Waals surface area contributed by atoms with Gasteiger partial charge in [-0.2, -0.15) is 0 Å². The molecule has 4 atom stereocenters. The Hall–Kier alpha value is -1.07. The Labute approximate surface area is 138 Å². The molecule has 1 N–H and O–H groups in total. The van der Waals surface area contributed by atoms with Crippen LogP contribution in [0.2, 0.25) is 0 Å². The molecule has 0 amide bonds. The maximum Gasteiger partial charge on any atom is 0.229 e. The van der Waals surface area contributed by atoms with Gasteiger partial charge >= 0.3 is 0 Å². The van der Waals surface area contributed by atoms with E-state index >= 15 is 0 Å². The molecule has 22 heavy (non-hydrogen) atoms. The number of hydrogen-bond acceptors (Lipinski definition) is 8. The van der Waals surface area contributed by atoms with Crippen molar-refractivity contribution in [2.45, 2.75) is 24.5 Å². The molecule has 0 aliphatic heterocycles. The van der Waals surface area contributed by atoms with Gasteiger partial charge < -0.3 is 33.7 Å². The van der Waals surface area contributed by atoms with Gasteiger partial charge in [0, 0.05) is 0 Å². The summed E-state index contributed by atoms with van der Waals surface area (Å²) in [7, 11) is 0. The third-order valence-electron chi connectivity index (χ3n) is 2.31. The van der Waals surface area contributed by atoms with Crippen molar-refractivity contribution >= 4 is 39.4 Å². The normalized spacial score (nSPS) is 18.2. The summed E-state index contributed by atoms with van der Waals surface area (Å²) in [5, 5.41) is 9.70. The lowest BCUT2D eigenvalue weighted by molar-refractivity contribution is -0.154. The number of carbonyl (C=O) groups excluding carboxylic acids is 4. The molecule has 0 rings (SSSR count). The summed E-state index contributed by atoms with van der Waals surface area (Å²) in [4.78, 5) is 43.3. The highest BCUT2D eigenvalue weighted by atomic mass is 79.9. The maximum atomic E-state index is 14.4. The largest absolute Gasteiger partial charge is 0.388 e. The number of carbonyl (C=O) groups is 4. The van der Waals surface area contributed by atoms with Crippen LogP contribution in [0.15, 0.2) is 0 Å². The van der Waals surface area contributed by atoms with Crippen LogP contribution < -0.4 is 0 Å². The van der Waals surface area contributed by atoms with Gasteiger partial charge in [-0.25, -0.2) is 4.39 Å². The minimum absolute atomic E-state index is 0.703. The summed E-state index contributed by atoms with van der Waals surface area (Å²) in [5.41, 5.74) is 0. The van der Waals surface area contributed by atoms with E-state index in [1.54, 1.807) is 0 Å². The minimum Gasteiger partial charge on any atom is -0.388 e. The molecule has 0 aromatic heterocycles. The lowest BCUT2D eigenvalue weighted by Gasteiger charge is -2.29. The molecule has 0 fully saturated rings. The number of halogens is 2. The first-order valence-electron chi connectivity index (χ1n) is 7.37. The fraction of sp³-hybridized carbons (Fsp3) is 0.667. The van der Waals surface area contributed by atoms with Gasteiger partial charge in [-0.1, -0.05) is 0 Å². The topological polar surface area (TPSA) is 116 Å². The van der Waals surface area contributed by atoms with Crippen LogP contribution in [0.3, 0.4) is 0 Å². The molecule has 0 saturated heterocycles. The summed E-state index contributed by atoms with van der Waals surface area (Å²) in [5.74, 6) is 0. The van der Waals surface area contributed by atoms with E-state index in [1.165, 1.54) is 0 Å². The van der Waals surface area contributed by atoms with E-state index in [4.69, 9.17) is 13.6 Å². The van der Waals surface area contributed by atoms with Crippen molar-refractivity contribution in [3.8, 4) is 0 Å². The summed E-state index contributed by atoms with van der Waals surface area (Å²) in [6, 6.07) is 0. The van der Waals surface area contributed by atoms with E-state index in [-0.39, 0.29) is 0 Å². The lowest BCUT2D eigenvalue weighted by atomic mass is 10.0. The zero-order chi connectivity index (χ0) is 19.6. The first-order chi connectivity index (χ1) is 11.6. The summed E-state index contributed by atoms with van der Waals surface area (Å²) < 4.78 is 47.6. The molecule has 0 bridgehead atoms. The first kappa shape index (κ1) is 15.8. The monoisotopic (exact) mass is 389 g/mol. The van der Waals surface area contributed by atoms with E-state index in [9.17, 15) is 28.7 Å². The molecule has 0 aromatic rings. The van der Waals surface area contributed by atoms with E-state index in [0.29, 0.717) is 0 Å². The fourth-order valence-corrected chi connectivity index (χ4v) is 1.81. The smallest absolute Gasteiger partial charge is 0.229 e. The highest BCUT2D eigenvalue weighted by Gasteiger charge is 2.39. The van der Waals surface area contributed by atoms with Gasteiger partial charge in [-0.15, -0.1) is 0 Å². The third-order valence-corrected chi connectivity index (χ3v) is 2.76. The Kier molecular flexibility index (Phi) is 8.96. The van der Waals surface area contributed by atoms with Crippen LogP contribution in [0.4, 0.5) is 4.39 Å². The van der Waals surface area contributed by atoms with Gasteiger partial charge in [-0.3, -0.25) is 4.79 Å². The highest BCUT2D eigenvalue weighted by molar-refractivity contribution is 9.18. The first-order valence-corrected chi connectivity index (χ1v) is 6.66. The van der Waals surface area contributed by atoms with Gasteiger partial charge in [0.05, 0.1) is 6.61 Å². The molecule has 0 spiro atoms. The molecule has 0 unspecified atom stereocenters. The Morgan fingerprint density at radius 2 is 1.73 bits per heavy atom. The van der Waals surface area contributed by atoms with Gasteiger partial charge in [0.15, 0.2) is 12.3 Å². The van der Waals surface area contributed by atoms with Crippen LogP contribution >= 0.6 is 15.9 Å². The number of aldehydes is 3. The van der Waals surface area contributed by atoms with Crippen molar-refractivity contribution in [3.05, 3.63) is 0 Å². The van der Waals surface area contributed by atoms with Gasteiger partial charge in [-0.05, 0) is 15.9 Å². The van der Waals surface area contributed by atoms with Crippen LogP contribution in [-0.4, -0.2) is 79.5 Å². The van der Waals surface area contributed by atoms with Crippen molar-refractivity contribution < 1.29 is 47.0 Å². The molecule has 8 nitrogen and oxygen atoms in total. The van der Waals surface area contributed by atoms with Crippen molar-refractivity contribution in [1.82, 2.24) is 0 Å². The molecule has 10 heteroatoms. The summed E-state index contributed by atoms with van der Waals surface area (Å²) in [6.45, 7) is -3.26. The second kappa shape index (κ2) is 12.5. The SMILES string of the molecule is [2H]C(=O)COC[C@@H](O)[C@@H](F)[C@H](OCC([2H])=O)[C@@H](OCC([2H])=O)C(=O)Br. The highest BCUT2D eigenvalue weighted by Crippen LogP contribution is 2.18. The molecule has 0 aliphatic rings. The number of hydrogen-bond donors (Lipinski definition) is 1. The molecule has 0 aromatic carbocycles. The van der Waals surface area contributed by atoms with Crippen molar-refractivity contribution in [1.29, 1.82) is 0 Å². The molecule has 0 saturated carbocycles. The van der Waals surface area contributed by atoms with Gasteiger partial charge in [0.2, 0.25) is 4.69 Å². The second-order valence-electron chi connectivity index (χ2n) is 3.77. The van der Waals surface area contributed by atoms with Gasteiger partial charge in [0.1, 0.15) is 54.9 Å². The van der Waals surface area contributed by atoms with Crippen LogP contribution in [-0.2, 0) is 33.4 Å². The number of alkyl halides is 1. The van der Waals surface area contributed by atoms with Crippen molar-refractivity contribution in [3.63, 3.8) is 0 Å². The predicted octanol–water partition coefficient (Wildman–Crippen LogP) is -1.01. The van der Waals surface area contributed by atoms with E-state index in [1.807, 2.05) is 0 Å². The van der Waals surface area contributed by atoms with Crippen molar-refractivity contribution in [2.75, 3.05) is 26.4 Å². The Bertz CT molecular complexity index is 495. The second-order valence-corrected chi connectivity index (χ2v) is 4.55. The van der Waals surface area contributed by atoms with E-state index in [2.05, 4.69) is 20.7 Å². The predicted molar refractivity (Wildman–Crippen MR) is 73.3 cm³/mol. The zero-order valence-electron chi connectivity index (χ0n) is 14.2. The van der Waals surface area contributed by atoms with Crippen molar-refractivity contribution in [2.24, 2.45) is 0 Å². The van der Waals surface area contributed by atoms with Crippen LogP contribution in [0, 0.1) is 0 Å². The van der Waals surface area contributed by atoms with E-state index < -0.39 is 74.4 Å². The molecule has 126 valence electrons. The molecule has 0 heterocycles. The number of aliphatic hydroxyl groups is 1. The minimum atomic E-state index is -2.38. The molecule has 0 radical (unpaired) electrons. The Morgan fingerprint density at radius 1 is 1.18 bits per heavy atom. The Morgan fingerprint density at radius 3 is 2.23 bits per heavy atom. The van der Waals surface area contributed by atoms with Crippen LogP contribution in [0.1, 0.15) is 4.11 Å². The average Bonchev–Trinajstić information content (AvgIpc) is 2.48. The molecule has 0 aliphatic carbocycles. The van der Waals surface area contributed by atoms with E-state index in [0.717, 1.165) is 0 Å². The molecular weight excluding hydrogens is 371 g/mol. The summed E-state index contributed by atoms with van der Waals surface area (Å²) >= 11 is 2.49. The average molecular weight is 390 g/mol.